The third-order valence-corrected chi connectivity index (χ3v) is 9.44. The average Bonchev–Trinajstić information content (AvgIpc) is 3.09. The van der Waals surface area contributed by atoms with Crippen LogP contribution >= 0.6 is 0 Å². The van der Waals surface area contributed by atoms with Crippen LogP contribution in [-0.2, 0) is 14.8 Å². The number of aryl methyl sites for hydroxylation is 1. The summed E-state index contributed by atoms with van der Waals surface area (Å²) in [6, 6.07) is 4.53. The van der Waals surface area contributed by atoms with Crippen molar-refractivity contribution in [1.29, 1.82) is 0 Å². The molecule has 0 bridgehead atoms. The molecule has 3 aliphatic rings. The number of nitrogens with zero attached hydrogens (tertiary/aromatic N) is 3. The molecule has 0 spiro atoms. The summed E-state index contributed by atoms with van der Waals surface area (Å²) >= 11 is 0. The smallest absolute Gasteiger partial charge is 0.270 e. The number of sulfonamides is 1. The van der Waals surface area contributed by atoms with E-state index in [1.54, 1.807) is 6.92 Å². The largest absolute Gasteiger partial charge is 0.336 e. The van der Waals surface area contributed by atoms with Crippen LogP contribution in [0.25, 0.3) is 0 Å². The topological polar surface area (TPSA) is 101 Å². The van der Waals surface area contributed by atoms with Crippen LogP contribution in [0.15, 0.2) is 23.1 Å². The highest BCUT2D eigenvalue weighted by molar-refractivity contribution is 7.89. The van der Waals surface area contributed by atoms with Crippen LogP contribution in [0.5, 0.6) is 0 Å². The van der Waals surface area contributed by atoms with Crippen molar-refractivity contribution in [2.75, 3.05) is 13.1 Å². The number of benzene rings is 1. The Morgan fingerprint density at radius 2 is 1.81 bits per heavy atom. The Hall–Kier alpha value is -2.00. The molecular formula is C22H31N3O5S. The molecule has 1 saturated carbocycles. The van der Waals surface area contributed by atoms with Crippen LogP contribution in [0, 0.1) is 28.9 Å². The maximum atomic E-state index is 13.3. The third kappa shape index (κ3) is 4.09. The number of nitro benzene ring substituents is 1. The minimum atomic E-state index is -3.84. The zero-order chi connectivity index (χ0) is 22.3. The van der Waals surface area contributed by atoms with Crippen molar-refractivity contribution in [2.45, 2.75) is 75.8 Å². The fourth-order valence-electron chi connectivity index (χ4n) is 5.76. The number of fused-ring (bicyclic) bond motifs is 1. The van der Waals surface area contributed by atoms with Crippen LogP contribution < -0.4 is 0 Å². The minimum absolute atomic E-state index is 0.0234. The standard InChI is InChI=1S/C22H31N3O5S/c1-15-7-8-19(25(27)28)14-21(15)31(29,30)23-11-9-17(10-12-23)22(26)24-16(2)13-18-5-3-4-6-20(18)24/h7-8,14,16-18,20H,3-6,9-13H2,1-2H3. The van der Waals surface area contributed by atoms with Gasteiger partial charge in [-0.1, -0.05) is 18.9 Å². The van der Waals surface area contributed by atoms with Gasteiger partial charge in [0.2, 0.25) is 15.9 Å². The summed E-state index contributed by atoms with van der Waals surface area (Å²) in [5.74, 6) is 0.649. The second-order valence-corrected chi connectivity index (χ2v) is 11.2. The monoisotopic (exact) mass is 449 g/mol. The summed E-state index contributed by atoms with van der Waals surface area (Å²) in [4.78, 5) is 25.9. The molecule has 1 aromatic rings. The first-order valence-corrected chi connectivity index (χ1v) is 12.7. The molecule has 1 amide bonds. The van der Waals surface area contributed by atoms with Crippen LogP contribution in [0.4, 0.5) is 5.69 Å². The third-order valence-electron chi connectivity index (χ3n) is 7.40. The van der Waals surface area contributed by atoms with Gasteiger partial charge < -0.3 is 4.90 Å². The Kier molecular flexibility index (Phi) is 6.09. The maximum absolute atomic E-state index is 13.3. The normalized spacial score (nSPS) is 27.8. The van der Waals surface area contributed by atoms with E-state index in [9.17, 15) is 23.3 Å². The number of rotatable bonds is 4. The molecule has 3 fully saturated rings. The molecule has 0 aromatic heterocycles. The number of piperidine rings is 1. The summed E-state index contributed by atoms with van der Waals surface area (Å²) in [6.07, 6.45) is 6.78. The maximum Gasteiger partial charge on any atom is 0.270 e. The van der Waals surface area contributed by atoms with E-state index in [1.165, 1.54) is 35.7 Å². The Morgan fingerprint density at radius 3 is 2.48 bits per heavy atom. The van der Waals surface area contributed by atoms with Gasteiger partial charge in [0, 0.05) is 43.2 Å². The average molecular weight is 450 g/mol. The second-order valence-electron chi connectivity index (χ2n) is 9.33. The van der Waals surface area contributed by atoms with Gasteiger partial charge in [0.15, 0.2) is 0 Å². The van der Waals surface area contributed by atoms with Crippen molar-refractivity contribution >= 4 is 21.6 Å². The number of hydrogen-bond donors (Lipinski definition) is 0. The summed E-state index contributed by atoms with van der Waals surface area (Å²) in [5, 5.41) is 11.1. The van der Waals surface area contributed by atoms with E-state index in [0.717, 1.165) is 18.9 Å². The molecule has 1 aliphatic carbocycles. The predicted octanol–water partition coefficient (Wildman–Crippen LogP) is 3.48. The van der Waals surface area contributed by atoms with Gasteiger partial charge in [-0.3, -0.25) is 14.9 Å². The molecule has 170 valence electrons. The number of carbonyl (C=O) groups excluding carboxylic acids is 1. The van der Waals surface area contributed by atoms with Crippen LogP contribution in [0.3, 0.4) is 0 Å². The Morgan fingerprint density at radius 1 is 1.13 bits per heavy atom. The number of nitro groups is 1. The van der Waals surface area contributed by atoms with Gasteiger partial charge in [0.05, 0.1) is 9.82 Å². The van der Waals surface area contributed by atoms with Crippen molar-refractivity contribution < 1.29 is 18.1 Å². The van der Waals surface area contributed by atoms with E-state index >= 15 is 0 Å². The Bertz CT molecular complexity index is 971. The van der Waals surface area contributed by atoms with Crippen LogP contribution in [0.2, 0.25) is 0 Å². The van der Waals surface area contributed by atoms with Crippen molar-refractivity contribution in [2.24, 2.45) is 11.8 Å². The van der Waals surface area contributed by atoms with Gasteiger partial charge in [-0.25, -0.2) is 8.42 Å². The lowest BCUT2D eigenvalue weighted by atomic mass is 9.84. The van der Waals surface area contributed by atoms with Gasteiger partial charge in [0.25, 0.3) is 5.69 Å². The molecule has 0 N–H and O–H groups in total. The molecule has 9 heteroatoms. The van der Waals surface area contributed by atoms with Crippen molar-refractivity contribution in [1.82, 2.24) is 9.21 Å². The van der Waals surface area contributed by atoms with Crippen molar-refractivity contribution in [3.8, 4) is 0 Å². The molecule has 0 radical (unpaired) electrons. The number of non-ortho nitro benzene ring substituents is 1. The Balaban J connectivity index is 1.45. The summed E-state index contributed by atoms with van der Waals surface area (Å²) < 4.78 is 27.7. The molecule has 4 rings (SSSR count). The van der Waals surface area contributed by atoms with E-state index in [-0.39, 0.29) is 41.5 Å². The minimum Gasteiger partial charge on any atom is -0.336 e. The highest BCUT2D eigenvalue weighted by Gasteiger charge is 2.45. The summed E-state index contributed by atoms with van der Waals surface area (Å²) in [5.41, 5.74) is 0.248. The summed E-state index contributed by atoms with van der Waals surface area (Å²) in [7, 11) is -3.84. The van der Waals surface area contributed by atoms with Crippen molar-refractivity contribution in [3.63, 3.8) is 0 Å². The lowest BCUT2D eigenvalue weighted by Crippen LogP contribution is -2.48. The highest BCUT2D eigenvalue weighted by Crippen LogP contribution is 2.41. The van der Waals surface area contributed by atoms with Gasteiger partial charge in [0.1, 0.15) is 0 Å². The van der Waals surface area contributed by atoms with E-state index in [1.807, 2.05) is 0 Å². The SMILES string of the molecule is Cc1ccc([N+](=O)[O-])cc1S(=O)(=O)N1CCC(C(=O)N2C(C)CC3CCCCC32)CC1. The molecule has 2 heterocycles. The van der Waals surface area contributed by atoms with Gasteiger partial charge in [-0.2, -0.15) is 4.31 Å². The molecule has 2 aliphatic heterocycles. The molecule has 2 saturated heterocycles. The molecule has 8 nitrogen and oxygen atoms in total. The van der Waals surface area contributed by atoms with Crippen molar-refractivity contribution in [3.05, 3.63) is 33.9 Å². The van der Waals surface area contributed by atoms with E-state index in [0.29, 0.717) is 30.4 Å². The number of carbonyl (C=O) groups is 1. The molecular weight excluding hydrogens is 418 g/mol. The zero-order valence-corrected chi connectivity index (χ0v) is 19.0. The fourth-order valence-corrected chi connectivity index (χ4v) is 7.48. The number of hydrogen-bond acceptors (Lipinski definition) is 5. The molecule has 1 aromatic carbocycles. The highest BCUT2D eigenvalue weighted by atomic mass is 32.2. The molecule has 3 atom stereocenters. The molecule has 3 unspecified atom stereocenters. The van der Waals surface area contributed by atoms with Gasteiger partial charge in [-0.05, 0) is 57.4 Å². The van der Waals surface area contributed by atoms with E-state index in [4.69, 9.17) is 0 Å². The molecule has 31 heavy (non-hydrogen) atoms. The number of likely N-dealkylation sites (tertiary alicyclic amines) is 1. The first-order chi connectivity index (χ1) is 14.7. The first kappa shape index (κ1) is 22.2. The fraction of sp³-hybridized carbons (Fsp3) is 0.682. The second kappa shape index (κ2) is 8.50. The van der Waals surface area contributed by atoms with Gasteiger partial charge in [-0.15, -0.1) is 0 Å². The Labute approximate surface area is 183 Å². The van der Waals surface area contributed by atoms with E-state index in [2.05, 4.69) is 11.8 Å². The lowest BCUT2D eigenvalue weighted by Gasteiger charge is -2.38. The zero-order valence-electron chi connectivity index (χ0n) is 18.2. The lowest BCUT2D eigenvalue weighted by molar-refractivity contribution is -0.385. The first-order valence-electron chi connectivity index (χ1n) is 11.3. The van der Waals surface area contributed by atoms with E-state index < -0.39 is 14.9 Å². The quantitative estimate of drug-likeness (QED) is 0.517. The van der Waals surface area contributed by atoms with Crippen LogP contribution in [0.1, 0.15) is 57.4 Å². The number of amides is 1. The van der Waals surface area contributed by atoms with Gasteiger partial charge >= 0.3 is 0 Å². The predicted molar refractivity (Wildman–Crippen MR) is 116 cm³/mol. The van der Waals surface area contributed by atoms with Crippen LogP contribution in [-0.4, -0.2) is 53.6 Å². The summed E-state index contributed by atoms with van der Waals surface area (Å²) in [6.45, 7) is 4.30.